The maximum atomic E-state index is 9.13. The molecule has 118 valence electrons. The van der Waals surface area contributed by atoms with Gasteiger partial charge in [-0.2, -0.15) is 0 Å². The summed E-state index contributed by atoms with van der Waals surface area (Å²) in [7, 11) is 4.19. The van der Waals surface area contributed by atoms with Crippen LogP contribution in [-0.4, -0.2) is 37.0 Å². The standard InChI is InChI=1S/C16H36NO.BrH/c1-4-5-6-7-8-9-10-11-12-13-14-15-17(2,3)16-18;/h18H,4-16H2,1-3H3;1H/q+1;/p-1. The molecule has 0 aliphatic heterocycles. The van der Waals surface area contributed by atoms with Crippen LogP contribution in [0.1, 0.15) is 77.6 Å². The number of hydrogen-bond donors (Lipinski definition) is 1. The van der Waals surface area contributed by atoms with Crippen molar-refractivity contribution < 1.29 is 26.6 Å². The van der Waals surface area contributed by atoms with Gasteiger partial charge in [-0.1, -0.05) is 64.7 Å². The maximum Gasteiger partial charge on any atom is 0.179 e. The second-order valence-corrected chi connectivity index (χ2v) is 6.34. The molecule has 3 heteroatoms. The summed E-state index contributed by atoms with van der Waals surface area (Å²) < 4.78 is 0.747. The lowest BCUT2D eigenvalue weighted by Gasteiger charge is -2.26. The molecular weight excluding hydrogens is 302 g/mol. The zero-order valence-electron chi connectivity index (χ0n) is 13.5. The molecule has 0 spiro atoms. The summed E-state index contributed by atoms with van der Waals surface area (Å²) in [6.07, 6.45) is 15.3. The lowest BCUT2D eigenvalue weighted by Crippen LogP contribution is -3.00. The van der Waals surface area contributed by atoms with E-state index in [1.54, 1.807) is 0 Å². The maximum absolute atomic E-state index is 9.13. The number of halogens is 1. The molecule has 0 radical (unpaired) electrons. The topological polar surface area (TPSA) is 20.2 Å². The van der Waals surface area contributed by atoms with E-state index >= 15 is 0 Å². The van der Waals surface area contributed by atoms with Crippen molar-refractivity contribution in [3.63, 3.8) is 0 Å². The van der Waals surface area contributed by atoms with Crippen molar-refractivity contribution in [2.75, 3.05) is 27.4 Å². The van der Waals surface area contributed by atoms with Gasteiger partial charge in [0.1, 0.15) is 0 Å². The third kappa shape index (κ3) is 16.3. The average Bonchev–Trinajstić information content (AvgIpc) is 2.36. The fourth-order valence-electron chi connectivity index (χ4n) is 2.27. The number of rotatable bonds is 13. The van der Waals surface area contributed by atoms with E-state index in [0.29, 0.717) is 0 Å². The zero-order chi connectivity index (χ0) is 13.7. The Labute approximate surface area is 131 Å². The van der Waals surface area contributed by atoms with Crippen molar-refractivity contribution in [3.8, 4) is 0 Å². The highest BCUT2D eigenvalue weighted by molar-refractivity contribution is 4.47. The molecule has 0 aromatic rings. The summed E-state index contributed by atoms with van der Waals surface area (Å²) in [5.74, 6) is 0. The molecule has 1 N–H and O–H groups in total. The highest BCUT2D eigenvalue weighted by atomic mass is 79.9. The molecule has 0 rings (SSSR count). The summed E-state index contributed by atoms with van der Waals surface area (Å²) in [5.41, 5.74) is 0. The molecule has 0 aliphatic carbocycles. The number of nitrogens with zero attached hydrogens (tertiary/aromatic N) is 1. The van der Waals surface area contributed by atoms with Crippen molar-refractivity contribution in [3.05, 3.63) is 0 Å². The number of unbranched alkanes of at least 4 members (excludes halogenated alkanes) is 10. The summed E-state index contributed by atoms with van der Waals surface area (Å²) in [6, 6.07) is 0. The van der Waals surface area contributed by atoms with Crippen LogP contribution >= 0.6 is 0 Å². The third-order valence-electron chi connectivity index (χ3n) is 3.75. The summed E-state index contributed by atoms with van der Waals surface area (Å²) in [6.45, 7) is 3.64. The normalized spacial score (nSPS) is 11.4. The van der Waals surface area contributed by atoms with E-state index in [-0.39, 0.29) is 23.7 Å². The average molecular weight is 338 g/mol. The van der Waals surface area contributed by atoms with E-state index in [1.807, 2.05) is 0 Å². The molecule has 0 aliphatic rings. The largest absolute Gasteiger partial charge is 1.00 e. The minimum absolute atomic E-state index is 0. The fraction of sp³-hybridized carbons (Fsp3) is 1.00. The second-order valence-electron chi connectivity index (χ2n) is 6.34. The van der Waals surface area contributed by atoms with E-state index in [2.05, 4.69) is 21.0 Å². The van der Waals surface area contributed by atoms with Crippen LogP contribution in [0.3, 0.4) is 0 Å². The van der Waals surface area contributed by atoms with Gasteiger partial charge >= 0.3 is 0 Å². The monoisotopic (exact) mass is 337 g/mol. The van der Waals surface area contributed by atoms with Crippen LogP contribution in [0.25, 0.3) is 0 Å². The molecule has 0 saturated heterocycles. The zero-order valence-corrected chi connectivity index (χ0v) is 15.1. The first-order chi connectivity index (χ1) is 8.62. The van der Waals surface area contributed by atoms with E-state index < -0.39 is 0 Å². The van der Waals surface area contributed by atoms with Gasteiger partial charge in [0.15, 0.2) is 6.73 Å². The molecule has 0 aromatic carbocycles. The molecule has 0 bridgehead atoms. The van der Waals surface area contributed by atoms with Gasteiger partial charge < -0.3 is 26.6 Å². The van der Waals surface area contributed by atoms with Gasteiger partial charge in [0.05, 0.1) is 20.6 Å². The Bertz CT molecular complexity index is 174. The molecule has 0 fully saturated rings. The predicted octanol–water partition coefficient (Wildman–Crippen LogP) is 1.33. The Morgan fingerprint density at radius 2 is 1.05 bits per heavy atom. The Kier molecular flexibility index (Phi) is 16.9. The summed E-state index contributed by atoms with van der Waals surface area (Å²) >= 11 is 0. The van der Waals surface area contributed by atoms with Crippen molar-refractivity contribution in [1.29, 1.82) is 0 Å². The first kappa shape index (κ1) is 21.7. The Hall–Kier alpha value is 0.400. The van der Waals surface area contributed by atoms with Crippen LogP contribution in [0.15, 0.2) is 0 Å². The minimum Gasteiger partial charge on any atom is -1.00 e. The molecule has 0 aromatic heterocycles. The Morgan fingerprint density at radius 1 is 0.684 bits per heavy atom. The van der Waals surface area contributed by atoms with Gasteiger partial charge in [0.2, 0.25) is 0 Å². The molecule has 0 heterocycles. The first-order valence-corrected chi connectivity index (χ1v) is 8.05. The minimum atomic E-state index is 0. The molecule has 19 heavy (non-hydrogen) atoms. The van der Waals surface area contributed by atoms with Crippen molar-refractivity contribution in [2.24, 2.45) is 0 Å². The van der Waals surface area contributed by atoms with E-state index in [0.717, 1.165) is 11.0 Å². The molecule has 0 saturated carbocycles. The lowest BCUT2D eigenvalue weighted by atomic mass is 10.1. The first-order valence-electron chi connectivity index (χ1n) is 8.05. The van der Waals surface area contributed by atoms with Crippen LogP contribution in [0.2, 0.25) is 0 Å². The van der Waals surface area contributed by atoms with Gasteiger partial charge in [-0.25, -0.2) is 0 Å². The van der Waals surface area contributed by atoms with Crippen LogP contribution in [0.4, 0.5) is 0 Å². The van der Waals surface area contributed by atoms with E-state index in [1.165, 1.54) is 70.6 Å². The Balaban J connectivity index is 0. The van der Waals surface area contributed by atoms with Gasteiger partial charge in [0.25, 0.3) is 0 Å². The van der Waals surface area contributed by atoms with Gasteiger partial charge in [0, 0.05) is 0 Å². The summed E-state index contributed by atoms with van der Waals surface area (Å²) in [5, 5.41) is 9.13. The highest BCUT2D eigenvalue weighted by Crippen LogP contribution is 2.11. The SMILES string of the molecule is CCCCCCCCCCCCC[N+](C)(C)CO.[Br-]. The number of aliphatic hydroxyl groups is 1. The van der Waals surface area contributed by atoms with Crippen molar-refractivity contribution in [1.82, 2.24) is 0 Å². The van der Waals surface area contributed by atoms with Gasteiger partial charge in [-0.15, -0.1) is 0 Å². The van der Waals surface area contributed by atoms with Gasteiger partial charge in [-0.05, 0) is 12.8 Å². The third-order valence-corrected chi connectivity index (χ3v) is 3.75. The molecule has 0 atom stereocenters. The quantitative estimate of drug-likeness (QED) is 0.305. The second kappa shape index (κ2) is 14.8. The fourth-order valence-corrected chi connectivity index (χ4v) is 2.27. The predicted molar refractivity (Wildman–Crippen MR) is 80.5 cm³/mol. The van der Waals surface area contributed by atoms with Crippen LogP contribution in [-0.2, 0) is 0 Å². The lowest BCUT2D eigenvalue weighted by molar-refractivity contribution is -0.909. The van der Waals surface area contributed by atoms with Gasteiger partial charge in [-0.3, -0.25) is 0 Å². The summed E-state index contributed by atoms with van der Waals surface area (Å²) in [4.78, 5) is 0. The van der Waals surface area contributed by atoms with Crippen LogP contribution in [0, 0.1) is 0 Å². The number of quaternary nitrogens is 1. The number of aliphatic hydroxyl groups excluding tert-OH is 1. The highest BCUT2D eigenvalue weighted by Gasteiger charge is 2.11. The smallest absolute Gasteiger partial charge is 0.179 e. The molecular formula is C16H36BrNO. The molecule has 0 amide bonds. The van der Waals surface area contributed by atoms with Crippen LogP contribution < -0.4 is 17.0 Å². The molecule has 2 nitrogen and oxygen atoms in total. The number of hydrogen-bond acceptors (Lipinski definition) is 1. The van der Waals surface area contributed by atoms with Crippen molar-refractivity contribution >= 4 is 0 Å². The van der Waals surface area contributed by atoms with Crippen molar-refractivity contribution in [2.45, 2.75) is 77.6 Å². The Morgan fingerprint density at radius 3 is 1.42 bits per heavy atom. The van der Waals surface area contributed by atoms with Crippen LogP contribution in [0.5, 0.6) is 0 Å². The molecule has 0 unspecified atom stereocenters. The van der Waals surface area contributed by atoms with E-state index in [4.69, 9.17) is 5.11 Å². The van der Waals surface area contributed by atoms with E-state index in [9.17, 15) is 0 Å².